The third kappa shape index (κ3) is 3.35. The molecule has 0 bridgehead atoms. The van der Waals surface area contributed by atoms with Crippen LogP contribution in [-0.2, 0) is 6.54 Å². The Labute approximate surface area is 97.5 Å². The molecule has 3 heteroatoms. The van der Waals surface area contributed by atoms with Crippen LogP contribution in [0.4, 0.5) is 0 Å². The largest absolute Gasteiger partial charge is 0.393 e. The predicted octanol–water partition coefficient (Wildman–Crippen LogP) is 2.00. The molecule has 1 saturated carbocycles. The summed E-state index contributed by atoms with van der Waals surface area (Å²) in [4.78, 5) is 5.47. The number of aliphatic hydroxyl groups is 1. The summed E-state index contributed by atoms with van der Waals surface area (Å²) in [6.07, 6.45) is 8.33. The van der Waals surface area contributed by atoms with Crippen LogP contribution in [0.1, 0.15) is 31.2 Å². The zero-order valence-electron chi connectivity index (χ0n) is 10.0. The molecule has 16 heavy (non-hydrogen) atoms. The number of nitrogens with zero attached hydrogens (tertiary/aromatic N) is 1. The zero-order chi connectivity index (χ0) is 11.4. The van der Waals surface area contributed by atoms with Crippen molar-refractivity contribution in [1.29, 1.82) is 0 Å². The lowest BCUT2D eigenvalue weighted by Gasteiger charge is -2.29. The molecule has 0 aromatic carbocycles. The minimum atomic E-state index is -0.0359. The summed E-state index contributed by atoms with van der Waals surface area (Å²) >= 11 is 0. The predicted molar refractivity (Wildman–Crippen MR) is 65.1 cm³/mol. The number of aromatic amines is 1. The molecule has 0 unspecified atom stereocenters. The number of hydrogen-bond donors (Lipinski definition) is 2. The lowest BCUT2D eigenvalue weighted by molar-refractivity contribution is 0.0968. The van der Waals surface area contributed by atoms with Crippen molar-refractivity contribution in [3.05, 3.63) is 24.0 Å². The van der Waals surface area contributed by atoms with Crippen molar-refractivity contribution in [1.82, 2.24) is 9.88 Å². The Hall–Kier alpha value is -0.800. The van der Waals surface area contributed by atoms with Crippen LogP contribution in [0.15, 0.2) is 18.5 Å². The van der Waals surface area contributed by atoms with Crippen molar-refractivity contribution in [3.8, 4) is 0 Å². The van der Waals surface area contributed by atoms with Crippen molar-refractivity contribution in [2.75, 3.05) is 13.6 Å². The Kier molecular flexibility index (Phi) is 4.02. The van der Waals surface area contributed by atoms with Gasteiger partial charge in [0.2, 0.25) is 0 Å². The van der Waals surface area contributed by atoms with Gasteiger partial charge in [0, 0.05) is 25.5 Å². The van der Waals surface area contributed by atoms with Crippen LogP contribution >= 0.6 is 0 Å². The van der Waals surface area contributed by atoms with Gasteiger partial charge in [0.1, 0.15) is 0 Å². The van der Waals surface area contributed by atoms with Gasteiger partial charge in [-0.05, 0) is 50.3 Å². The van der Waals surface area contributed by atoms with E-state index in [4.69, 9.17) is 0 Å². The second-order valence-electron chi connectivity index (χ2n) is 5.09. The highest BCUT2D eigenvalue weighted by atomic mass is 16.3. The molecule has 0 spiro atoms. The fourth-order valence-electron chi connectivity index (χ4n) is 2.60. The van der Waals surface area contributed by atoms with E-state index in [9.17, 15) is 5.11 Å². The summed E-state index contributed by atoms with van der Waals surface area (Å²) < 4.78 is 0. The third-order valence-corrected chi connectivity index (χ3v) is 3.50. The fraction of sp³-hybridized carbons (Fsp3) is 0.692. The maximum absolute atomic E-state index is 9.45. The van der Waals surface area contributed by atoms with Crippen LogP contribution in [0.25, 0.3) is 0 Å². The van der Waals surface area contributed by atoms with Gasteiger partial charge in [-0.1, -0.05) is 0 Å². The van der Waals surface area contributed by atoms with Crippen LogP contribution in [-0.4, -0.2) is 34.7 Å². The Balaban J connectivity index is 1.72. The van der Waals surface area contributed by atoms with Gasteiger partial charge in [-0.2, -0.15) is 0 Å². The summed E-state index contributed by atoms with van der Waals surface area (Å²) in [6, 6.07) is 2.13. The summed E-state index contributed by atoms with van der Waals surface area (Å²) in [7, 11) is 2.18. The second-order valence-corrected chi connectivity index (χ2v) is 5.09. The van der Waals surface area contributed by atoms with Crippen molar-refractivity contribution >= 4 is 0 Å². The maximum Gasteiger partial charge on any atom is 0.0540 e. The first-order chi connectivity index (χ1) is 7.74. The first-order valence-electron chi connectivity index (χ1n) is 6.22. The van der Waals surface area contributed by atoms with Gasteiger partial charge >= 0.3 is 0 Å². The molecule has 1 fully saturated rings. The number of H-pyrrole nitrogens is 1. The molecule has 90 valence electrons. The molecule has 0 radical (unpaired) electrons. The Bertz CT molecular complexity index is 289. The first-order valence-corrected chi connectivity index (χ1v) is 6.22. The number of nitrogens with one attached hydrogen (secondary N) is 1. The number of aliphatic hydroxyl groups excluding tert-OH is 1. The molecule has 3 nitrogen and oxygen atoms in total. The van der Waals surface area contributed by atoms with Gasteiger partial charge in [-0.3, -0.25) is 0 Å². The average molecular weight is 222 g/mol. The lowest BCUT2D eigenvalue weighted by atomic mass is 9.87. The summed E-state index contributed by atoms with van der Waals surface area (Å²) in [5, 5.41) is 9.45. The molecule has 0 amide bonds. The second kappa shape index (κ2) is 5.51. The topological polar surface area (TPSA) is 39.3 Å². The highest BCUT2D eigenvalue weighted by molar-refractivity contribution is 5.07. The molecule has 1 aromatic heterocycles. The van der Waals surface area contributed by atoms with E-state index in [1.165, 1.54) is 18.4 Å². The highest BCUT2D eigenvalue weighted by Crippen LogP contribution is 2.24. The van der Waals surface area contributed by atoms with Crippen LogP contribution < -0.4 is 0 Å². The molecule has 0 saturated heterocycles. The van der Waals surface area contributed by atoms with Gasteiger partial charge in [0.05, 0.1) is 6.10 Å². The van der Waals surface area contributed by atoms with Crippen molar-refractivity contribution in [2.24, 2.45) is 5.92 Å². The first kappa shape index (κ1) is 11.7. The van der Waals surface area contributed by atoms with E-state index in [-0.39, 0.29) is 6.10 Å². The van der Waals surface area contributed by atoms with E-state index in [1.807, 2.05) is 6.20 Å². The minimum absolute atomic E-state index is 0.0359. The number of hydrogen-bond acceptors (Lipinski definition) is 2. The number of aromatic nitrogens is 1. The van der Waals surface area contributed by atoms with E-state index >= 15 is 0 Å². The standard InChI is InChI=1S/C13H22N2O/c1-15(10-12-6-7-14-8-12)9-11-2-4-13(16)5-3-11/h6-8,11,13-14,16H,2-5,9-10H2,1H3. The van der Waals surface area contributed by atoms with E-state index in [0.29, 0.717) is 0 Å². The van der Waals surface area contributed by atoms with Crippen LogP contribution in [0.2, 0.25) is 0 Å². The number of rotatable bonds is 4. The van der Waals surface area contributed by atoms with E-state index < -0.39 is 0 Å². The van der Waals surface area contributed by atoms with E-state index in [0.717, 1.165) is 31.8 Å². The third-order valence-electron chi connectivity index (χ3n) is 3.50. The van der Waals surface area contributed by atoms with Crippen LogP contribution in [0, 0.1) is 5.92 Å². The smallest absolute Gasteiger partial charge is 0.0540 e. The van der Waals surface area contributed by atoms with Gasteiger partial charge < -0.3 is 15.0 Å². The van der Waals surface area contributed by atoms with Crippen LogP contribution in [0.3, 0.4) is 0 Å². The van der Waals surface area contributed by atoms with Gasteiger partial charge in [0.15, 0.2) is 0 Å². The molecule has 1 aliphatic rings. The molecular weight excluding hydrogens is 200 g/mol. The molecule has 0 atom stereocenters. The molecule has 0 aliphatic heterocycles. The van der Waals surface area contributed by atoms with Crippen LogP contribution in [0.5, 0.6) is 0 Å². The molecule has 1 aromatic rings. The molecule has 2 N–H and O–H groups in total. The van der Waals surface area contributed by atoms with Crippen molar-refractivity contribution in [3.63, 3.8) is 0 Å². The van der Waals surface area contributed by atoms with Gasteiger partial charge in [-0.15, -0.1) is 0 Å². The monoisotopic (exact) mass is 222 g/mol. The van der Waals surface area contributed by atoms with Gasteiger partial charge in [0.25, 0.3) is 0 Å². The molecule has 1 heterocycles. The SMILES string of the molecule is CN(Cc1cc[nH]c1)CC1CCC(O)CC1. The maximum atomic E-state index is 9.45. The van der Waals surface area contributed by atoms with Crippen molar-refractivity contribution in [2.45, 2.75) is 38.3 Å². The molecular formula is C13H22N2O. The van der Waals surface area contributed by atoms with E-state index in [2.05, 4.69) is 29.2 Å². The van der Waals surface area contributed by atoms with E-state index in [1.54, 1.807) is 0 Å². The summed E-state index contributed by atoms with van der Waals surface area (Å²) in [6.45, 7) is 2.17. The van der Waals surface area contributed by atoms with Gasteiger partial charge in [-0.25, -0.2) is 0 Å². The normalized spacial score (nSPS) is 26.2. The lowest BCUT2D eigenvalue weighted by Crippen LogP contribution is -2.29. The zero-order valence-corrected chi connectivity index (χ0v) is 10.0. The Morgan fingerprint density at radius 3 is 2.75 bits per heavy atom. The van der Waals surface area contributed by atoms with Crippen molar-refractivity contribution < 1.29 is 5.11 Å². The minimum Gasteiger partial charge on any atom is -0.393 e. The Morgan fingerprint density at radius 2 is 2.12 bits per heavy atom. The highest BCUT2D eigenvalue weighted by Gasteiger charge is 2.20. The average Bonchev–Trinajstić information content (AvgIpc) is 2.74. The fourth-order valence-corrected chi connectivity index (χ4v) is 2.60. The summed E-state index contributed by atoms with van der Waals surface area (Å²) in [5.74, 6) is 0.771. The quantitative estimate of drug-likeness (QED) is 0.818. The molecule has 2 rings (SSSR count). The Morgan fingerprint density at radius 1 is 1.38 bits per heavy atom. The summed E-state index contributed by atoms with van der Waals surface area (Å²) in [5.41, 5.74) is 1.35. The molecule has 1 aliphatic carbocycles.